The Labute approximate surface area is 89.5 Å². The summed E-state index contributed by atoms with van der Waals surface area (Å²) in [6.45, 7) is 2.83. The lowest BCUT2D eigenvalue weighted by molar-refractivity contribution is 0.0730. The van der Waals surface area contributed by atoms with Gasteiger partial charge in [0.2, 0.25) is 0 Å². The Morgan fingerprint density at radius 3 is 2.27 bits per heavy atom. The lowest BCUT2D eigenvalue weighted by Gasteiger charge is -2.24. The molecule has 2 rings (SSSR count). The van der Waals surface area contributed by atoms with Crippen molar-refractivity contribution in [1.29, 1.82) is 0 Å². The average Bonchev–Trinajstić information content (AvgIpc) is 2.71. The van der Waals surface area contributed by atoms with Crippen LogP contribution in [-0.4, -0.2) is 44.5 Å². The normalized spacial score (nSPS) is 31.2. The quantitative estimate of drug-likeness (QED) is 0.693. The highest BCUT2D eigenvalue weighted by molar-refractivity contribution is 5.74. The molecule has 0 radical (unpaired) electrons. The monoisotopic (exact) mass is 214 g/mol. The molecule has 0 aromatic heterocycles. The Bertz CT molecular complexity index is 211. The number of amides is 2. The van der Waals surface area contributed by atoms with Crippen LogP contribution >= 0.6 is 0 Å². The van der Waals surface area contributed by atoms with E-state index in [1.54, 1.807) is 0 Å². The topological polar surface area (TPSA) is 59.6 Å². The van der Waals surface area contributed by atoms with Gasteiger partial charge in [-0.15, -0.1) is 0 Å². The highest BCUT2D eigenvalue weighted by Gasteiger charge is 2.20. The molecular formula is C10H18N2O3. The van der Waals surface area contributed by atoms with Crippen LogP contribution in [0.1, 0.15) is 19.3 Å². The van der Waals surface area contributed by atoms with E-state index in [0.29, 0.717) is 13.2 Å². The van der Waals surface area contributed by atoms with E-state index in [1.165, 1.54) is 0 Å². The second-order valence-electron chi connectivity index (χ2n) is 4.09. The fraction of sp³-hybridized carbons (Fsp3) is 0.900. The summed E-state index contributed by atoms with van der Waals surface area (Å²) in [4.78, 5) is 11.5. The van der Waals surface area contributed by atoms with E-state index in [2.05, 4.69) is 10.6 Å². The summed E-state index contributed by atoms with van der Waals surface area (Å²) in [7, 11) is 0. The Balaban J connectivity index is 1.66. The van der Waals surface area contributed by atoms with Crippen LogP contribution < -0.4 is 10.6 Å². The molecule has 2 saturated heterocycles. The second kappa shape index (κ2) is 5.32. The van der Waals surface area contributed by atoms with E-state index < -0.39 is 0 Å². The van der Waals surface area contributed by atoms with Gasteiger partial charge < -0.3 is 20.1 Å². The molecule has 2 N–H and O–H groups in total. The number of ether oxygens (including phenoxy) is 2. The van der Waals surface area contributed by atoms with Crippen LogP contribution in [0.3, 0.4) is 0 Å². The maximum atomic E-state index is 11.5. The van der Waals surface area contributed by atoms with E-state index in [4.69, 9.17) is 9.47 Å². The number of hydrogen-bond acceptors (Lipinski definition) is 3. The van der Waals surface area contributed by atoms with E-state index in [9.17, 15) is 4.79 Å². The first-order valence-corrected chi connectivity index (χ1v) is 5.57. The molecule has 0 aliphatic carbocycles. The first-order chi connectivity index (χ1) is 7.34. The molecule has 2 atom stereocenters. The van der Waals surface area contributed by atoms with Crippen LogP contribution in [0.4, 0.5) is 4.79 Å². The molecule has 2 unspecified atom stereocenters. The molecule has 0 saturated carbocycles. The van der Waals surface area contributed by atoms with Crippen molar-refractivity contribution in [3.05, 3.63) is 0 Å². The fourth-order valence-electron chi connectivity index (χ4n) is 1.92. The zero-order chi connectivity index (χ0) is 10.5. The van der Waals surface area contributed by atoms with Gasteiger partial charge in [0, 0.05) is 13.2 Å². The number of carbonyl (C=O) groups is 1. The molecule has 15 heavy (non-hydrogen) atoms. The zero-order valence-corrected chi connectivity index (χ0v) is 8.83. The molecule has 2 aliphatic rings. The van der Waals surface area contributed by atoms with Gasteiger partial charge in [-0.2, -0.15) is 0 Å². The molecule has 0 aromatic carbocycles. The SMILES string of the molecule is O=C(NC1CCCOC1)NC1CCOC1. The average molecular weight is 214 g/mol. The first kappa shape index (κ1) is 10.7. The number of urea groups is 1. The lowest BCUT2D eigenvalue weighted by atomic mass is 10.1. The van der Waals surface area contributed by atoms with E-state index in [-0.39, 0.29) is 18.1 Å². The molecule has 2 aliphatic heterocycles. The molecule has 5 heteroatoms. The summed E-state index contributed by atoms with van der Waals surface area (Å²) in [5.41, 5.74) is 0. The molecule has 2 heterocycles. The standard InChI is InChI=1S/C10H18N2O3/c13-10(12-9-3-5-15-7-9)11-8-2-1-4-14-6-8/h8-9H,1-7H2,(H2,11,12,13). The third kappa shape index (κ3) is 3.35. The zero-order valence-electron chi connectivity index (χ0n) is 8.83. The minimum Gasteiger partial charge on any atom is -0.379 e. The summed E-state index contributed by atoms with van der Waals surface area (Å²) in [6.07, 6.45) is 2.95. The summed E-state index contributed by atoms with van der Waals surface area (Å²) < 4.78 is 10.5. The van der Waals surface area contributed by atoms with Crippen molar-refractivity contribution >= 4 is 6.03 Å². The molecule has 0 aromatic rings. The van der Waals surface area contributed by atoms with Crippen molar-refractivity contribution < 1.29 is 14.3 Å². The Hall–Kier alpha value is -0.810. The van der Waals surface area contributed by atoms with Gasteiger partial charge in [0.1, 0.15) is 0 Å². The van der Waals surface area contributed by atoms with Gasteiger partial charge in [-0.25, -0.2) is 4.79 Å². The van der Waals surface area contributed by atoms with Gasteiger partial charge >= 0.3 is 6.03 Å². The van der Waals surface area contributed by atoms with Crippen LogP contribution in [0.25, 0.3) is 0 Å². The number of nitrogens with one attached hydrogen (secondary N) is 2. The highest BCUT2D eigenvalue weighted by Crippen LogP contribution is 2.06. The minimum absolute atomic E-state index is 0.0963. The van der Waals surface area contributed by atoms with Crippen molar-refractivity contribution in [2.75, 3.05) is 26.4 Å². The Morgan fingerprint density at radius 1 is 1.00 bits per heavy atom. The van der Waals surface area contributed by atoms with Crippen molar-refractivity contribution in [3.8, 4) is 0 Å². The summed E-state index contributed by atoms with van der Waals surface area (Å²) in [5, 5.41) is 5.81. The predicted octanol–water partition coefficient (Wildman–Crippen LogP) is 0.253. The van der Waals surface area contributed by atoms with E-state index >= 15 is 0 Å². The summed E-state index contributed by atoms with van der Waals surface area (Å²) >= 11 is 0. The van der Waals surface area contributed by atoms with Crippen LogP contribution in [0.2, 0.25) is 0 Å². The smallest absolute Gasteiger partial charge is 0.315 e. The number of hydrogen-bond donors (Lipinski definition) is 2. The lowest BCUT2D eigenvalue weighted by Crippen LogP contribution is -2.48. The predicted molar refractivity (Wildman–Crippen MR) is 54.7 cm³/mol. The first-order valence-electron chi connectivity index (χ1n) is 5.57. The van der Waals surface area contributed by atoms with Gasteiger partial charge in [-0.05, 0) is 19.3 Å². The van der Waals surface area contributed by atoms with Crippen molar-refractivity contribution in [2.24, 2.45) is 0 Å². The van der Waals surface area contributed by atoms with Gasteiger partial charge in [-0.3, -0.25) is 0 Å². The number of rotatable bonds is 2. The summed E-state index contributed by atoms with van der Waals surface area (Å²) in [6, 6.07) is 0.247. The highest BCUT2D eigenvalue weighted by atomic mass is 16.5. The van der Waals surface area contributed by atoms with Crippen LogP contribution in [0, 0.1) is 0 Å². The second-order valence-corrected chi connectivity index (χ2v) is 4.09. The van der Waals surface area contributed by atoms with E-state index in [0.717, 1.165) is 32.5 Å². The Kier molecular flexibility index (Phi) is 3.80. The summed E-state index contributed by atoms with van der Waals surface area (Å²) in [5.74, 6) is 0. The van der Waals surface area contributed by atoms with Crippen molar-refractivity contribution in [1.82, 2.24) is 10.6 Å². The van der Waals surface area contributed by atoms with Crippen molar-refractivity contribution in [3.63, 3.8) is 0 Å². The molecule has 2 fully saturated rings. The fourth-order valence-corrected chi connectivity index (χ4v) is 1.92. The van der Waals surface area contributed by atoms with Gasteiger partial charge in [0.15, 0.2) is 0 Å². The Morgan fingerprint density at radius 2 is 1.67 bits per heavy atom. The molecule has 86 valence electrons. The molecule has 0 spiro atoms. The molecule has 5 nitrogen and oxygen atoms in total. The maximum absolute atomic E-state index is 11.5. The third-order valence-corrected chi connectivity index (χ3v) is 2.76. The van der Waals surface area contributed by atoms with Gasteiger partial charge in [0.05, 0.1) is 25.3 Å². The number of carbonyl (C=O) groups excluding carboxylic acids is 1. The van der Waals surface area contributed by atoms with E-state index in [1.807, 2.05) is 0 Å². The van der Waals surface area contributed by atoms with Crippen LogP contribution in [-0.2, 0) is 9.47 Å². The molecular weight excluding hydrogens is 196 g/mol. The van der Waals surface area contributed by atoms with Crippen LogP contribution in [0.15, 0.2) is 0 Å². The molecule has 0 bridgehead atoms. The minimum atomic E-state index is -0.0963. The van der Waals surface area contributed by atoms with Crippen molar-refractivity contribution in [2.45, 2.75) is 31.3 Å². The van der Waals surface area contributed by atoms with Gasteiger partial charge in [0.25, 0.3) is 0 Å². The largest absolute Gasteiger partial charge is 0.379 e. The van der Waals surface area contributed by atoms with Crippen LogP contribution in [0.5, 0.6) is 0 Å². The third-order valence-electron chi connectivity index (χ3n) is 2.76. The van der Waals surface area contributed by atoms with Gasteiger partial charge in [-0.1, -0.05) is 0 Å². The maximum Gasteiger partial charge on any atom is 0.315 e. The molecule has 2 amide bonds.